The minimum atomic E-state index is 0.664. The Kier molecular flexibility index (Phi) is 3.83. The average Bonchev–Trinajstić information content (AvgIpc) is 2.31. The van der Waals surface area contributed by atoms with Crippen LogP contribution in [0.25, 0.3) is 0 Å². The van der Waals surface area contributed by atoms with E-state index in [4.69, 9.17) is 17.3 Å². The highest BCUT2D eigenvalue weighted by molar-refractivity contribution is 9.10. The molecule has 3 N–H and O–H groups in total. The third-order valence-corrected chi connectivity index (χ3v) is 4.22. The number of hydrogen-bond donors (Lipinski definition) is 2. The molecule has 0 unspecified atom stereocenters. The van der Waals surface area contributed by atoms with E-state index < -0.39 is 0 Å². The summed E-state index contributed by atoms with van der Waals surface area (Å²) >= 11 is 9.52. The first-order valence-corrected chi connectivity index (χ1v) is 6.73. The number of aryl methyl sites for hydroxylation is 2. The van der Waals surface area contributed by atoms with Gasteiger partial charge in [-0.3, -0.25) is 0 Å². The van der Waals surface area contributed by atoms with Crippen molar-refractivity contribution < 1.29 is 0 Å². The highest BCUT2D eigenvalue weighted by Crippen LogP contribution is 2.30. The second kappa shape index (κ2) is 5.21. The molecule has 0 radical (unpaired) electrons. The molecular weight excluding hydrogens is 312 g/mol. The maximum atomic E-state index is 5.97. The van der Waals surface area contributed by atoms with E-state index in [1.807, 2.05) is 6.07 Å². The number of rotatable bonds is 2. The minimum absolute atomic E-state index is 0.664. The molecule has 0 heterocycles. The molecule has 94 valence electrons. The lowest BCUT2D eigenvalue weighted by Gasteiger charge is -2.12. The summed E-state index contributed by atoms with van der Waals surface area (Å²) in [6, 6.07) is 9.53. The number of nitrogens with one attached hydrogen (secondary N) is 1. The monoisotopic (exact) mass is 324 g/mol. The normalized spacial score (nSPS) is 10.4. The largest absolute Gasteiger partial charge is 0.397 e. The van der Waals surface area contributed by atoms with Crippen molar-refractivity contribution in [3.63, 3.8) is 0 Å². The summed E-state index contributed by atoms with van der Waals surface area (Å²) in [4.78, 5) is 0. The molecule has 4 heteroatoms. The van der Waals surface area contributed by atoms with Gasteiger partial charge in [-0.05, 0) is 55.3 Å². The van der Waals surface area contributed by atoms with Crippen LogP contribution in [0.3, 0.4) is 0 Å². The molecule has 0 amide bonds. The van der Waals surface area contributed by atoms with Crippen LogP contribution < -0.4 is 11.1 Å². The van der Waals surface area contributed by atoms with Gasteiger partial charge in [0, 0.05) is 15.2 Å². The molecule has 0 aliphatic rings. The number of hydrogen-bond acceptors (Lipinski definition) is 2. The van der Waals surface area contributed by atoms with Crippen LogP contribution >= 0.6 is 27.5 Å². The zero-order chi connectivity index (χ0) is 13.3. The van der Waals surface area contributed by atoms with E-state index in [9.17, 15) is 0 Å². The van der Waals surface area contributed by atoms with E-state index >= 15 is 0 Å². The minimum Gasteiger partial charge on any atom is -0.397 e. The Morgan fingerprint density at radius 2 is 1.72 bits per heavy atom. The standard InChI is InChI=1S/C14H14BrClN2/c1-8-5-11(6-9(2)14(8)15)18-13-7-10(16)3-4-12(13)17/h3-7,18H,17H2,1-2H3. The van der Waals surface area contributed by atoms with E-state index in [2.05, 4.69) is 47.2 Å². The van der Waals surface area contributed by atoms with Crippen molar-refractivity contribution in [1.82, 2.24) is 0 Å². The average molecular weight is 326 g/mol. The number of nitrogen functional groups attached to an aromatic ring is 1. The summed E-state index contributed by atoms with van der Waals surface area (Å²) in [6.07, 6.45) is 0. The zero-order valence-electron chi connectivity index (χ0n) is 10.2. The Morgan fingerprint density at radius 3 is 2.33 bits per heavy atom. The van der Waals surface area contributed by atoms with Gasteiger partial charge in [-0.1, -0.05) is 27.5 Å². The van der Waals surface area contributed by atoms with Gasteiger partial charge in [0.25, 0.3) is 0 Å². The number of nitrogens with two attached hydrogens (primary N) is 1. The summed E-state index contributed by atoms with van der Waals surface area (Å²) in [5, 5.41) is 3.96. The maximum absolute atomic E-state index is 5.97. The van der Waals surface area contributed by atoms with E-state index in [1.165, 1.54) is 11.1 Å². The number of halogens is 2. The van der Waals surface area contributed by atoms with Crippen LogP contribution in [0.5, 0.6) is 0 Å². The van der Waals surface area contributed by atoms with E-state index in [0.717, 1.165) is 15.8 Å². The molecule has 0 bridgehead atoms. The quantitative estimate of drug-likeness (QED) is 0.759. The molecule has 0 atom stereocenters. The number of anilines is 3. The van der Waals surface area contributed by atoms with Gasteiger partial charge in [0.1, 0.15) is 0 Å². The molecule has 18 heavy (non-hydrogen) atoms. The second-order valence-electron chi connectivity index (χ2n) is 4.28. The molecule has 2 aromatic carbocycles. The molecule has 0 aliphatic heterocycles. The molecule has 2 rings (SSSR count). The van der Waals surface area contributed by atoms with Gasteiger partial charge in [0.2, 0.25) is 0 Å². The van der Waals surface area contributed by atoms with Crippen LogP contribution in [0.2, 0.25) is 5.02 Å². The topological polar surface area (TPSA) is 38.0 Å². The van der Waals surface area contributed by atoms with Crippen molar-refractivity contribution in [3.8, 4) is 0 Å². The van der Waals surface area contributed by atoms with Gasteiger partial charge < -0.3 is 11.1 Å². The Balaban J connectivity index is 2.37. The summed E-state index contributed by atoms with van der Waals surface area (Å²) in [5.41, 5.74) is 10.8. The predicted octanol–water partition coefficient (Wildman–Crippen LogP) is 5.05. The summed E-state index contributed by atoms with van der Waals surface area (Å²) < 4.78 is 1.13. The molecule has 0 aromatic heterocycles. The Labute approximate surface area is 120 Å². The highest BCUT2D eigenvalue weighted by Gasteiger charge is 2.05. The Bertz CT molecular complexity index is 573. The SMILES string of the molecule is Cc1cc(Nc2cc(Cl)ccc2N)cc(C)c1Br. The summed E-state index contributed by atoms with van der Waals surface area (Å²) in [6.45, 7) is 4.12. The van der Waals surface area contributed by atoms with Crippen molar-refractivity contribution in [2.75, 3.05) is 11.1 Å². The van der Waals surface area contributed by atoms with Gasteiger partial charge >= 0.3 is 0 Å². The first kappa shape index (κ1) is 13.2. The van der Waals surface area contributed by atoms with Crippen LogP contribution in [-0.2, 0) is 0 Å². The van der Waals surface area contributed by atoms with Crippen molar-refractivity contribution in [2.45, 2.75) is 13.8 Å². The lowest BCUT2D eigenvalue weighted by Crippen LogP contribution is -1.97. The third-order valence-electron chi connectivity index (χ3n) is 2.73. The van der Waals surface area contributed by atoms with Crippen LogP contribution in [0.4, 0.5) is 17.1 Å². The van der Waals surface area contributed by atoms with E-state index in [0.29, 0.717) is 10.7 Å². The van der Waals surface area contributed by atoms with Crippen LogP contribution in [0, 0.1) is 13.8 Å². The first-order chi connectivity index (χ1) is 8.47. The molecule has 0 saturated heterocycles. The van der Waals surface area contributed by atoms with Gasteiger partial charge in [-0.2, -0.15) is 0 Å². The molecular formula is C14H14BrClN2. The summed E-state index contributed by atoms with van der Waals surface area (Å²) in [7, 11) is 0. The fourth-order valence-corrected chi connectivity index (χ4v) is 2.21. The van der Waals surface area contributed by atoms with Gasteiger partial charge in [-0.15, -0.1) is 0 Å². The molecule has 0 spiro atoms. The first-order valence-electron chi connectivity index (χ1n) is 5.56. The van der Waals surface area contributed by atoms with Crippen molar-refractivity contribution in [3.05, 3.63) is 51.0 Å². The number of benzene rings is 2. The van der Waals surface area contributed by atoms with E-state index in [-0.39, 0.29) is 0 Å². The Hall–Kier alpha value is -1.19. The molecule has 0 aliphatic carbocycles. The second-order valence-corrected chi connectivity index (χ2v) is 5.51. The van der Waals surface area contributed by atoms with Crippen molar-refractivity contribution in [2.24, 2.45) is 0 Å². The molecule has 0 fully saturated rings. The third kappa shape index (κ3) is 2.79. The van der Waals surface area contributed by atoms with Crippen molar-refractivity contribution >= 4 is 44.6 Å². The van der Waals surface area contributed by atoms with Crippen LogP contribution in [0.1, 0.15) is 11.1 Å². The van der Waals surface area contributed by atoms with Gasteiger partial charge in [0.05, 0.1) is 11.4 Å². The van der Waals surface area contributed by atoms with Crippen LogP contribution in [-0.4, -0.2) is 0 Å². The highest BCUT2D eigenvalue weighted by atomic mass is 79.9. The molecule has 2 aromatic rings. The fraction of sp³-hybridized carbons (Fsp3) is 0.143. The van der Waals surface area contributed by atoms with E-state index in [1.54, 1.807) is 12.1 Å². The molecule has 2 nitrogen and oxygen atoms in total. The van der Waals surface area contributed by atoms with Gasteiger partial charge in [0.15, 0.2) is 0 Å². The zero-order valence-corrected chi connectivity index (χ0v) is 12.6. The summed E-state index contributed by atoms with van der Waals surface area (Å²) in [5.74, 6) is 0. The van der Waals surface area contributed by atoms with Gasteiger partial charge in [-0.25, -0.2) is 0 Å². The Morgan fingerprint density at radius 1 is 1.11 bits per heavy atom. The smallest absolute Gasteiger partial charge is 0.0632 e. The fourth-order valence-electron chi connectivity index (χ4n) is 1.81. The lowest BCUT2D eigenvalue weighted by molar-refractivity contribution is 1.33. The molecule has 0 saturated carbocycles. The maximum Gasteiger partial charge on any atom is 0.0632 e. The lowest BCUT2D eigenvalue weighted by atomic mass is 10.1. The van der Waals surface area contributed by atoms with Crippen LogP contribution in [0.15, 0.2) is 34.8 Å². The predicted molar refractivity (Wildman–Crippen MR) is 82.8 cm³/mol. The van der Waals surface area contributed by atoms with Crippen molar-refractivity contribution in [1.29, 1.82) is 0 Å².